The van der Waals surface area contributed by atoms with Crippen LogP contribution in [0.3, 0.4) is 0 Å². The van der Waals surface area contributed by atoms with Gasteiger partial charge >= 0.3 is 0 Å². The van der Waals surface area contributed by atoms with Crippen LogP contribution < -0.4 is 5.56 Å². The van der Waals surface area contributed by atoms with E-state index >= 15 is 0 Å². The van der Waals surface area contributed by atoms with Crippen molar-refractivity contribution >= 4 is 10.9 Å². The van der Waals surface area contributed by atoms with Gasteiger partial charge in [0.25, 0.3) is 5.56 Å². The number of nitrogens with zero attached hydrogens (tertiary/aromatic N) is 1. The highest BCUT2D eigenvalue weighted by atomic mass is 16.1. The quantitative estimate of drug-likeness (QED) is 0.738. The van der Waals surface area contributed by atoms with E-state index in [2.05, 4.69) is 9.97 Å². The van der Waals surface area contributed by atoms with Crippen LogP contribution in [0.25, 0.3) is 10.9 Å². The Bertz CT molecular complexity index is 540. The summed E-state index contributed by atoms with van der Waals surface area (Å²) in [7, 11) is 0. The predicted octanol–water partition coefficient (Wildman–Crippen LogP) is 1.80. The molecule has 3 rings (SSSR count). The fraction of sp³-hybridized carbons (Fsp3) is 0.273. The first kappa shape index (κ1) is 7.74. The van der Waals surface area contributed by atoms with Crippen molar-refractivity contribution in [2.75, 3.05) is 0 Å². The number of rotatable bonds is 1. The summed E-state index contributed by atoms with van der Waals surface area (Å²) in [6.45, 7) is 0. The Kier molecular flexibility index (Phi) is 1.48. The average Bonchev–Trinajstić information content (AvgIpc) is 3.01. The lowest BCUT2D eigenvalue weighted by Crippen LogP contribution is -2.09. The van der Waals surface area contributed by atoms with Crippen molar-refractivity contribution in [1.82, 2.24) is 9.97 Å². The van der Waals surface area contributed by atoms with Crippen LogP contribution in [-0.4, -0.2) is 9.97 Å². The highest BCUT2D eigenvalue weighted by Gasteiger charge is 2.24. The lowest BCUT2D eigenvalue weighted by atomic mass is 10.2. The van der Waals surface area contributed by atoms with Gasteiger partial charge in [0.1, 0.15) is 0 Å². The van der Waals surface area contributed by atoms with Gasteiger partial charge in [0.15, 0.2) is 0 Å². The van der Waals surface area contributed by atoms with Crippen molar-refractivity contribution in [1.29, 1.82) is 0 Å². The van der Waals surface area contributed by atoms with Crippen LogP contribution in [0.4, 0.5) is 0 Å². The summed E-state index contributed by atoms with van der Waals surface area (Å²) in [5, 5.41) is 0.678. The first-order valence-electron chi connectivity index (χ1n) is 4.82. The van der Waals surface area contributed by atoms with Gasteiger partial charge in [-0.15, -0.1) is 0 Å². The van der Waals surface area contributed by atoms with E-state index in [0.717, 1.165) is 11.2 Å². The Morgan fingerprint density at radius 2 is 2.29 bits per heavy atom. The molecule has 0 unspecified atom stereocenters. The number of H-pyrrole nitrogens is 1. The van der Waals surface area contributed by atoms with Gasteiger partial charge in [-0.25, -0.2) is 0 Å². The number of fused-ring (bicyclic) bond motifs is 1. The Morgan fingerprint density at radius 3 is 3.07 bits per heavy atom. The standard InChI is InChI=1S/C11H10N2O/c14-11-8-2-1-5-12-10(8)6-9(13-11)7-3-4-7/h1-2,5-7H,3-4H2,(H,13,14). The SMILES string of the molecule is O=c1[nH]c(C2CC2)cc2ncccc12. The van der Waals surface area contributed by atoms with Crippen LogP contribution in [-0.2, 0) is 0 Å². The molecule has 1 aliphatic carbocycles. The number of hydrogen-bond donors (Lipinski definition) is 1. The molecule has 2 aromatic heterocycles. The van der Waals surface area contributed by atoms with E-state index in [1.165, 1.54) is 12.8 Å². The summed E-state index contributed by atoms with van der Waals surface area (Å²) < 4.78 is 0. The number of aromatic amines is 1. The Labute approximate surface area is 80.8 Å². The summed E-state index contributed by atoms with van der Waals surface area (Å²) in [5.74, 6) is 0.564. The van der Waals surface area contributed by atoms with Crippen molar-refractivity contribution < 1.29 is 0 Å². The Morgan fingerprint density at radius 1 is 1.43 bits per heavy atom. The van der Waals surface area contributed by atoms with Gasteiger partial charge in [-0.1, -0.05) is 0 Å². The minimum absolute atomic E-state index is 0.0162. The maximum atomic E-state index is 11.6. The zero-order chi connectivity index (χ0) is 9.54. The normalized spacial score (nSPS) is 16.0. The lowest BCUT2D eigenvalue weighted by Gasteiger charge is -2.00. The van der Waals surface area contributed by atoms with Crippen molar-refractivity contribution in [2.24, 2.45) is 0 Å². The predicted molar refractivity (Wildman–Crippen MR) is 54.3 cm³/mol. The molecule has 0 amide bonds. The van der Waals surface area contributed by atoms with Crippen molar-refractivity contribution in [3.63, 3.8) is 0 Å². The van der Waals surface area contributed by atoms with Crippen molar-refractivity contribution in [3.05, 3.63) is 40.4 Å². The fourth-order valence-corrected chi connectivity index (χ4v) is 1.72. The van der Waals surface area contributed by atoms with E-state index in [4.69, 9.17) is 0 Å². The summed E-state index contributed by atoms with van der Waals surface area (Å²) in [6.07, 6.45) is 4.10. The van der Waals surface area contributed by atoms with Gasteiger partial charge in [0.2, 0.25) is 0 Å². The third-order valence-electron chi connectivity index (χ3n) is 2.65. The monoisotopic (exact) mass is 186 g/mol. The molecule has 0 bridgehead atoms. The van der Waals surface area contributed by atoms with Crippen LogP contribution in [0.5, 0.6) is 0 Å². The van der Waals surface area contributed by atoms with Gasteiger partial charge < -0.3 is 4.98 Å². The van der Waals surface area contributed by atoms with Crippen LogP contribution >= 0.6 is 0 Å². The molecule has 1 N–H and O–H groups in total. The molecule has 2 heterocycles. The molecule has 0 saturated heterocycles. The second-order valence-corrected chi connectivity index (χ2v) is 3.76. The summed E-state index contributed by atoms with van der Waals surface area (Å²) in [6, 6.07) is 5.58. The number of aromatic nitrogens is 2. The van der Waals surface area contributed by atoms with Crippen LogP contribution in [0.2, 0.25) is 0 Å². The molecular formula is C11H10N2O. The van der Waals surface area contributed by atoms with E-state index in [1.54, 1.807) is 18.3 Å². The van der Waals surface area contributed by atoms with Gasteiger partial charge in [-0.2, -0.15) is 0 Å². The molecule has 2 aromatic rings. The minimum atomic E-state index is -0.0162. The minimum Gasteiger partial charge on any atom is -0.325 e. The van der Waals surface area contributed by atoms with Gasteiger partial charge in [0, 0.05) is 11.9 Å². The number of nitrogens with one attached hydrogen (secondary N) is 1. The molecule has 1 saturated carbocycles. The van der Waals surface area contributed by atoms with Gasteiger partial charge in [-0.05, 0) is 37.0 Å². The zero-order valence-electron chi connectivity index (χ0n) is 7.66. The highest BCUT2D eigenvalue weighted by molar-refractivity contribution is 5.77. The van der Waals surface area contributed by atoms with Crippen LogP contribution in [0, 0.1) is 0 Å². The van der Waals surface area contributed by atoms with Crippen LogP contribution in [0.1, 0.15) is 24.5 Å². The van der Waals surface area contributed by atoms with E-state index in [1.807, 2.05) is 6.07 Å². The summed E-state index contributed by atoms with van der Waals surface area (Å²) in [5.41, 5.74) is 1.83. The number of pyridine rings is 2. The zero-order valence-corrected chi connectivity index (χ0v) is 7.66. The largest absolute Gasteiger partial charge is 0.325 e. The molecule has 0 aromatic carbocycles. The number of hydrogen-bond acceptors (Lipinski definition) is 2. The van der Waals surface area contributed by atoms with Crippen molar-refractivity contribution in [3.8, 4) is 0 Å². The molecule has 1 aliphatic rings. The molecule has 70 valence electrons. The molecule has 0 aliphatic heterocycles. The first-order valence-corrected chi connectivity index (χ1v) is 4.82. The smallest absolute Gasteiger partial charge is 0.257 e. The molecule has 3 heteroatoms. The maximum absolute atomic E-state index is 11.6. The van der Waals surface area contributed by atoms with E-state index in [-0.39, 0.29) is 5.56 Å². The molecule has 1 fully saturated rings. The average molecular weight is 186 g/mol. The second kappa shape index (κ2) is 2.67. The van der Waals surface area contributed by atoms with E-state index in [0.29, 0.717) is 11.3 Å². The first-order chi connectivity index (χ1) is 6.84. The lowest BCUT2D eigenvalue weighted by molar-refractivity contribution is 1.01. The Balaban J connectivity index is 2.33. The van der Waals surface area contributed by atoms with Gasteiger partial charge in [0.05, 0.1) is 10.9 Å². The molecule has 0 spiro atoms. The molecule has 3 nitrogen and oxygen atoms in total. The van der Waals surface area contributed by atoms with Crippen LogP contribution in [0.15, 0.2) is 29.2 Å². The van der Waals surface area contributed by atoms with Crippen molar-refractivity contribution in [2.45, 2.75) is 18.8 Å². The van der Waals surface area contributed by atoms with E-state index < -0.39 is 0 Å². The Hall–Kier alpha value is -1.64. The second-order valence-electron chi connectivity index (χ2n) is 3.76. The fourth-order valence-electron chi connectivity index (χ4n) is 1.72. The van der Waals surface area contributed by atoms with Gasteiger partial charge in [-0.3, -0.25) is 9.78 Å². The highest BCUT2D eigenvalue weighted by Crippen LogP contribution is 2.38. The molecule has 0 radical (unpaired) electrons. The molecule has 14 heavy (non-hydrogen) atoms. The maximum Gasteiger partial charge on any atom is 0.257 e. The molecule has 0 atom stereocenters. The third-order valence-corrected chi connectivity index (χ3v) is 2.65. The summed E-state index contributed by atoms with van der Waals surface area (Å²) >= 11 is 0. The topological polar surface area (TPSA) is 45.8 Å². The molecular weight excluding hydrogens is 176 g/mol. The third kappa shape index (κ3) is 1.13. The van der Waals surface area contributed by atoms with E-state index in [9.17, 15) is 4.79 Å². The summed E-state index contributed by atoms with van der Waals surface area (Å²) in [4.78, 5) is 18.7.